The van der Waals surface area contributed by atoms with E-state index in [9.17, 15) is 5.11 Å². The van der Waals surface area contributed by atoms with Crippen LogP contribution in [0.15, 0.2) is 18.2 Å². The van der Waals surface area contributed by atoms with Crippen molar-refractivity contribution in [1.29, 1.82) is 0 Å². The Morgan fingerprint density at radius 2 is 1.88 bits per heavy atom. The predicted octanol–water partition coefficient (Wildman–Crippen LogP) is 4.51. The molecule has 16 heavy (non-hydrogen) atoms. The van der Waals surface area contributed by atoms with Gasteiger partial charge in [-0.3, -0.25) is 0 Å². The van der Waals surface area contributed by atoms with Crippen molar-refractivity contribution in [1.82, 2.24) is 0 Å². The highest BCUT2D eigenvalue weighted by Gasteiger charge is 2.09. The van der Waals surface area contributed by atoms with Gasteiger partial charge in [-0.1, -0.05) is 44.4 Å². The summed E-state index contributed by atoms with van der Waals surface area (Å²) in [5.41, 5.74) is 2.04. The van der Waals surface area contributed by atoms with Gasteiger partial charge in [-0.15, -0.1) is 0 Å². The molecule has 1 atom stereocenters. The van der Waals surface area contributed by atoms with Crippen LogP contribution in [-0.2, 0) is 0 Å². The molecule has 0 saturated carbocycles. The largest absolute Gasteiger partial charge is 0.388 e. The van der Waals surface area contributed by atoms with Crippen LogP contribution in [-0.4, -0.2) is 5.11 Å². The normalized spacial score (nSPS) is 13.1. The Hall–Kier alpha value is -0.530. The first-order chi connectivity index (χ1) is 7.49. The average molecular weight is 241 g/mol. The highest BCUT2D eigenvalue weighted by Crippen LogP contribution is 2.24. The van der Waals surface area contributed by atoms with Crippen LogP contribution in [0.3, 0.4) is 0 Å². The molecule has 1 rings (SSSR count). The van der Waals surface area contributed by atoms with Crippen molar-refractivity contribution in [3.8, 4) is 0 Å². The van der Waals surface area contributed by atoms with Crippen LogP contribution in [0.25, 0.3) is 0 Å². The van der Waals surface area contributed by atoms with E-state index in [4.69, 9.17) is 11.6 Å². The molecule has 0 bridgehead atoms. The molecule has 0 aliphatic carbocycles. The number of aliphatic hydroxyl groups excluding tert-OH is 1. The van der Waals surface area contributed by atoms with Gasteiger partial charge in [0.05, 0.1) is 6.10 Å². The molecule has 2 heteroatoms. The quantitative estimate of drug-likeness (QED) is 0.803. The fraction of sp³-hybridized carbons (Fsp3) is 0.571. The Kier molecular flexibility index (Phi) is 5.30. The molecule has 0 aliphatic rings. The Labute approximate surface area is 103 Å². The highest BCUT2D eigenvalue weighted by molar-refractivity contribution is 6.30. The zero-order valence-electron chi connectivity index (χ0n) is 10.3. The van der Waals surface area contributed by atoms with Gasteiger partial charge >= 0.3 is 0 Å². The summed E-state index contributed by atoms with van der Waals surface area (Å²) in [7, 11) is 0. The topological polar surface area (TPSA) is 20.2 Å². The number of rotatable bonds is 5. The maximum absolute atomic E-state index is 10.0. The van der Waals surface area contributed by atoms with Crippen molar-refractivity contribution in [3.05, 3.63) is 34.3 Å². The van der Waals surface area contributed by atoms with Gasteiger partial charge in [0.25, 0.3) is 0 Å². The number of benzene rings is 1. The number of hydrogen-bond donors (Lipinski definition) is 1. The Morgan fingerprint density at radius 1 is 1.19 bits per heavy atom. The van der Waals surface area contributed by atoms with Gasteiger partial charge in [-0.25, -0.2) is 0 Å². The lowest BCUT2D eigenvalue weighted by Gasteiger charge is -2.13. The number of aliphatic hydroxyl groups is 1. The molecule has 0 radical (unpaired) electrons. The zero-order chi connectivity index (χ0) is 12.1. The molecule has 1 aromatic rings. The minimum absolute atomic E-state index is 0.379. The molecule has 0 saturated heterocycles. The highest BCUT2D eigenvalue weighted by atomic mass is 35.5. The summed E-state index contributed by atoms with van der Waals surface area (Å²) in [5.74, 6) is 0.702. The SMILES string of the molecule is Cc1cc(Cl)cc(C(O)CCCC(C)C)c1. The van der Waals surface area contributed by atoms with Gasteiger partial charge in [0.15, 0.2) is 0 Å². The van der Waals surface area contributed by atoms with Crippen LogP contribution in [0.1, 0.15) is 50.3 Å². The van der Waals surface area contributed by atoms with Crippen LogP contribution in [0.4, 0.5) is 0 Å². The Morgan fingerprint density at radius 3 is 2.44 bits per heavy atom. The van der Waals surface area contributed by atoms with E-state index in [0.717, 1.165) is 30.4 Å². The van der Waals surface area contributed by atoms with E-state index >= 15 is 0 Å². The minimum Gasteiger partial charge on any atom is -0.388 e. The van der Waals surface area contributed by atoms with E-state index in [1.54, 1.807) is 0 Å². The molecule has 1 unspecified atom stereocenters. The van der Waals surface area contributed by atoms with Gasteiger partial charge in [0.2, 0.25) is 0 Å². The Balaban J connectivity index is 2.55. The fourth-order valence-electron chi connectivity index (χ4n) is 1.84. The fourth-order valence-corrected chi connectivity index (χ4v) is 2.14. The van der Waals surface area contributed by atoms with Gasteiger partial charge in [-0.05, 0) is 42.5 Å². The second kappa shape index (κ2) is 6.27. The summed E-state index contributed by atoms with van der Waals surface area (Å²) >= 11 is 5.97. The van der Waals surface area contributed by atoms with Gasteiger partial charge < -0.3 is 5.11 Å². The molecule has 0 heterocycles. The van der Waals surface area contributed by atoms with E-state index in [2.05, 4.69) is 13.8 Å². The van der Waals surface area contributed by atoms with Crippen molar-refractivity contribution in [2.24, 2.45) is 5.92 Å². The van der Waals surface area contributed by atoms with E-state index in [1.807, 2.05) is 25.1 Å². The predicted molar refractivity (Wildman–Crippen MR) is 69.8 cm³/mol. The van der Waals surface area contributed by atoms with Crippen molar-refractivity contribution >= 4 is 11.6 Å². The van der Waals surface area contributed by atoms with Crippen LogP contribution in [0.2, 0.25) is 5.02 Å². The van der Waals surface area contributed by atoms with Crippen LogP contribution in [0, 0.1) is 12.8 Å². The van der Waals surface area contributed by atoms with E-state index in [1.165, 1.54) is 0 Å². The van der Waals surface area contributed by atoms with Crippen molar-refractivity contribution < 1.29 is 5.11 Å². The van der Waals surface area contributed by atoms with Crippen molar-refractivity contribution in [2.75, 3.05) is 0 Å². The lowest BCUT2D eigenvalue weighted by atomic mass is 9.99. The maximum atomic E-state index is 10.0. The molecule has 1 nitrogen and oxygen atoms in total. The van der Waals surface area contributed by atoms with E-state index < -0.39 is 0 Å². The molecular weight excluding hydrogens is 220 g/mol. The monoisotopic (exact) mass is 240 g/mol. The van der Waals surface area contributed by atoms with Crippen LogP contribution < -0.4 is 0 Å². The molecular formula is C14H21ClO. The summed E-state index contributed by atoms with van der Waals surface area (Å²) in [5, 5.41) is 10.7. The summed E-state index contributed by atoms with van der Waals surface area (Å²) in [6.07, 6.45) is 2.66. The molecule has 0 spiro atoms. The van der Waals surface area contributed by atoms with E-state index in [-0.39, 0.29) is 6.10 Å². The standard InChI is InChI=1S/C14H21ClO/c1-10(2)5-4-6-14(16)12-7-11(3)8-13(15)9-12/h7-10,14,16H,4-6H2,1-3H3. The summed E-state index contributed by atoms with van der Waals surface area (Å²) in [6.45, 7) is 6.40. The third-order valence-electron chi connectivity index (χ3n) is 2.71. The summed E-state index contributed by atoms with van der Waals surface area (Å²) in [6, 6.07) is 5.77. The van der Waals surface area contributed by atoms with Crippen molar-refractivity contribution in [2.45, 2.75) is 46.1 Å². The Bertz CT molecular complexity index is 313. The third kappa shape index (κ3) is 4.54. The van der Waals surface area contributed by atoms with Gasteiger partial charge in [0, 0.05) is 5.02 Å². The lowest BCUT2D eigenvalue weighted by Crippen LogP contribution is -1.99. The number of aryl methyl sites for hydroxylation is 1. The minimum atomic E-state index is -0.379. The van der Waals surface area contributed by atoms with Gasteiger partial charge in [-0.2, -0.15) is 0 Å². The maximum Gasteiger partial charge on any atom is 0.0790 e. The molecule has 0 amide bonds. The zero-order valence-corrected chi connectivity index (χ0v) is 11.1. The first-order valence-corrected chi connectivity index (χ1v) is 6.32. The summed E-state index contributed by atoms with van der Waals surface area (Å²) < 4.78 is 0. The molecule has 1 aromatic carbocycles. The molecule has 0 aromatic heterocycles. The van der Waals surface area contributed by atoms with Crippen molar-refractivity contribution in [3.63, 3.8) is 0 Å². The lowest BCUT2D eigenvalue weighted by molar-refractivity contribution is 0.162. The van der Waals surface area contributed by atoms with E-state index in [0.29, 0.717) is 10.9 Å². The second-order valence-corrected chi connectivity index (χ2v) is 5.34. The average Bonchev–Trinajstić information content (AvgIpc) is 2.15. The molecule has 0 fully saturated rings. The number of hydrogen-bond acceptors (Lipinski definition) is 1. The van der Waals surface area contributed by atoms with Gasteiger partial charge in [0.1, 0.15) is 0 Å². The number of halogens is 1. The molecule has 1 N–H and O–H groups in total. The first kappa shape index (κ1) is 13.5. The smallest absolute Gasteiger partial charge is 0.0790 e. The third-order valence-corrected chi connectivity index (χ3v) is 2.93. The summed E-state index contributed by atoms with van der Waals surface area (Å²) in [4.78, 5) is 0. The van der Waals surface area contributed by atoms with Crippen LogP contribution in [0.5, 0.6) is 0 Å². The first-order valence-electron chi connectivity index (χ1n) is 5.94. The second-order valence-electron chi connectivity index (χ2n) is 4.90. The molecule has 90 valence electrons. The van der Waals surface area contributed by atoms with Crippen LogP contribution >= 0.6 is 11.6 Å². The molecule has 0 aliphatic heterocycles.